The van der Waals surface area contributed by atoms with Gasteiger partial charge in [0.25, 0.3) is 11.6 Å². The number of nitro groups is 1. The van der Waals surface area contributed by atoms with Crippen molar-refractivity contribution in [2.75, 3.05) is 5.73 Å². The van der Waals surface area contributed by atoms with Gasteiger partial charge in [0.1, 0.15) is 11.5 Å². The molecule has 0 aliphatic carbocycles. The van der Waals surface area contributed by atoms with Gasteiger partial charge >= 0.3 is 0 Å². The zero-order valence-corrected chi connectivity index (χ0v) is 12.0. The molecule has 8 heteroatoms. The molecule has 0 aromatic heterocycles. The Morgan fingerprint density at radius 1 is 1.35 bits per heavy atom. The summed E-state index contributed by atoms with van der Waals surface area (Å²) in [4.78, 5) is 22.2. The lowest BCUT2D eigenvalue weighted by Crippen LogP contribution is -2.24. The molecule has 0 bridgehead atoms. The molecule has 0 aliphatic heterocycles. The van der Waals surface area contributed by atoms with Gasteiger partial charge in [-0.05, 0) is 23.8 Å². The molecule has 0 saturated carbocycles. The smallest absolute Gasteiger partial charge is 0.292 e. The highest BCUT2D eigenvalue weighted by atomic mass is 19.1. The van der Waals surface area contributed by atoms with Crippen molar-refractivity contribution in [3.8, 4) is 0 Å². The van der Waals surface area contributed by atoms with Crippen molar-refractivity contribution in [2.24, 2.45) is 0 Å². The number of nitrogens with zero attached hydrogens (tertiary/aromatic N) is 1. The molecule has 0 fully saturated rings. The lowest BCUT2D eigenvalue weighted by atomic mass is 10.1. The van der Waals surface area contributed by atoms with Gasteiger partial charge in [0, 0.05) is 18.2 Å². The van der Waals surface area contributed by atoms with Crippen LogP contribution in [0.5, 0.6) is 0 Å². The van der Waals surface area contributed by atoms with E-state index in [4.69, 9.17) is 10.8 Å². The minimum atomic E-state index is -0.667. The molecule has 1 amide bonds. The van der Waals surface area contributed by atoms with E-state index in [-0.39, 0.29) is 29.0 Å². The molecule has 23 heavy (non-hydrogen) atoms. The minimum Gasteiger partial charge on any atom is -0.393 e. The maximum atomic E-state index is 13.3. The molecule has 2 rings (SSSR count). The molecule has 2 aromatic rings. The van der Waals surface area contributed by atoms with Crippen molar-refractivity contribution in [3.63, 3.8) is 0 Å². The van der Waals surface area contributed by atoms with Gasteiger partial charge in [0.2, 0.25) is 0 Å². The lowest BCUT2D eigenvalue weighted by molar-refractivity contribution is -0.383. The van der Waals surface area contributed by atoms with Gasteiger partial charge in [-0.3, -0.25) is 14.9 Å². The maximum absolute atomic E-state index is 13.3. The summed E-state index contributed by atoms with van der Waals surface area (Å²) in [6.45, 7) is -0.389. The van der Waals surface area contributed by atoms with Gasteiger partial charge in [0.15, 0.2) is 0 Å². The van der Waals surface area contributed by atoms with Crippen LogP contribution in [-0.4, -0.2) is 15.9 Å². The first-order valence-electron chi connectivity index (χ1n) is 6.63. The summed E-state index contributed by atoms with van der Waals surface area (Å²) >= 11 is 0. The summed E-state index contributed by atoms with van der Waals surface area (Å²) in [5.74, 6) is -1.12. The van der Waals surface area contributed by atoms with E-state index in [2.05, 4.69) is 5.32 Å². The van der Waals surface area contributed by atoms with Gasteiger partial charge in [-0.25, -0.2) is 4.39 Å². The van der Waals surface area contributed by atoms with Crippen LogP contribution in [0.15, 0.2) is 36.4 Å². The van der Waals surface area contributed by atoms with Crippen LogP contribution in [0.25, 0.3) is 0 Å². The number of aliphatic hydroxyl groups excluding tert-OH is 1. The first kappa shape index (κ1) is 16.4. The number of amides is 1. The third-order valence-electron chi connectivity index (χ3n) is 3.26. The number of nitrogen functional groups attached to an aromatic ring is 1. The fourth-order valence-electron chi connectivity index (χ4n) is 2.05. The van der Waals surface area contributed by atoms with Gasteiger partial charge in [0.05, 0.1) is 17.1 Å². The largest absolute Gasteiger partial charge is 0.393 e. The van der Waals surface area contributed by atoms with Crippen molar-refractivity contribution in [1.82, 2.24) is 5.32 Å². The summed E-state index contributed by atoms with van der Waals surface area (Å²) < 4.78 is 13.3. The zero-order valence-electron chi connectivity index (χ0n) is 12.0. The van der Waals surface area contributed by atoms with Gasteiger partial charge < -0.3 is 16.2 Å². The molecule has 0 aliphatic rings. The summed E-state index contributed by atoms with van der Waals surface area (Å²) in [7, 11) is 0. The number of nitrogens with one attached hydrogen (secondary N) is 1. The first-order valence-corrected chi connectivity index (χ1v) is 6.63. The SMILES string of the molecule is Nc1c(C(=O)NCc2ccc(F)c(CO)c2)cccc1[N+](=O)[O-]. The quantitative estimate of drug-likeness (QED) is 0.440. The van der Waals surface area contributed by atoms with E-state index in [1.807, 2.05) is 0 Å². The topological polar surface area (TPSA) is 118 Å². The number of rotatable bonds is 5. The number of nitro benzene ring substituents is 1. The number of para-hydroxylation sites is 1. The molecule has 0 spiro atoms. The Kier molecular flexibility index (Phi) is 4.87. The maximum Gasteiger partial charge on any atom is 0.292 e. The second-order valence-corrected chi connectivity index (χ2v) is 4.76. The second kappa shape index (κ2) is 6.84. The van der Waals surface area contributed by atoms with Gasteiger partial charge in [-0.1, -0.05) is 12.1 Å². The second-order valence-electron chi connectivity index (χ2n) is 4.76. The average molecular weight is 319 g/mol. The molecule has 4 N–H and O–H groups in total. The number of nitrogens with two attached hydrogens (primary N) is 1. The van der Waals surface area contributed by atoms with Crippen LogP contribution >= 0.6 is 0 Å². The van der Waals surface area contributed by atoms with Crippen molar-refractivity contribution in [3.05, 3.63) is 69.0 Å². The molecular weight excluding hydrogens is 305 g/mol. The summed E-state index contributed by atoms with van der Waals surface area (Å²) in [5.41, 5.74) is 5.76. The molecule has 7 nitrogen and oxygen atoms in total. The summed E-state index contributed by atoms with van der Waals surface area (Å²) in [6.07, 6.45) is 0. The Labute approximate surface area is 130 Å². The van der Waals surface area contributed by atoms with Crippen molar-refractivity contribution >= 4 is 17.3 Å². The monoisotopic (exact) mass is 319 g/mol. The van der Waals surface area contributed by atoms with E-state index in [0.717, 1.165) is 0 Å². The predicted octanol–water partition coefficient (Wildman–Crippen LogP) is 1.74. The van der Waals surface area contributed by atoms with Crippen LogP contribution in [0.2, 0.25) is 0 Å². The number of carbonyl (C=O) groups excluding carboxylic acids is 1. The van der Waals surface area contributed by atoms with Gasteiger partial charge in [-0.15, -0.1) is 0 Å². The Hall–Kier alpha value is -3.00. The van der Waals surface area contributed by atoms with Crippen molar-refractivity contribution in [2.45, 2.75) is 13.2 Å². The molecular formula is C15H14FN3O4. The van der Waals surface area contributed by atoms with Crippen LogP contribution in [0.4, 0.5) is 15.8 Å². The van der Waals surface area contributed by atoms with E-state index in [1.54, 1.807) is 0 Å². The molecule has 0 radical (unpaired) electrons. The standard InChI is InChI=1S/C15H14FN3O4/c16-12-5-4-9(6-10(12)8-20)7-18-15(21)11-2-1-3-13(14(11)17)19(22)23/h1-6,20H,7-8,17H2,(H,18,21). The third kappa shape index (κ3) is 3.61. The van der Waals surface area contributed by atoms with Crippen LogP contribution in [0.1, 0.15) is 21.5 Å². The number of anilines is 1. The van der Waals surface area contributed by atoms with E-state index in [0.29, 0.717) is 5.56 Å². The molecule has 0 atom stereocenters. The third-order valence-corrected chi connectivity index (χ3v) is 3.26. The Morgan fingerprint density at radius 2 is 2.09 bits per heavy atom. The lowest BCUT2D eigenvalue weighted by Gasteiger charge is -2.09. The highest BCUT2D eigenvalue weighted by molar-refractivity contribution is 6.00. The predicted molar refractivity (Wildman–Crippen MR) is 81.0 cm³/mol. The fraction of sp³-hybridized carbons (Fsp3) is 0.133. The van der Waals surface area contributed by atoms with Crippen LogP contribution in [0, 0.1) is 15.9 Å². The Bertz CT molecular complexity index is 764. The number of halogens is 1. The number of benzene rings is 2. The zero-order chi connectivity index (χ0) is 17.0. The van der Waals surface area contributed by atoms with Gasteiger partial charge in [-0.2, -0.15) is 0 Å². The fourth-order valence-corrected chi connectivity index (χ4v) is 2.05. The first-order chi connectivity index (χ1) is 10.9. The number of carbonyl (C=O) groups is 1. The molecule has 0 heterocycles. The highest BCUT2D eigenvalue weighted by Crippen LogP contribution is 2.24. The van der Waals surface area contributed by atoms with E-state index in [1.165, 1.54) is 36.4 Å². The number of hydrogen-bond donors (Lipinski definition) is 3. The van der Waals surface area contributed by atoms with Crippen LogP contribution in [0.3, 0.4) is 0 Å². The molecule has 2 aromatic carbocycles. The van der Waals surface area contributed by atoms with Crippen LogP contribution < -0.4 is 11.1 Å². The van der Waals surface area contributed by atoms with Crippen LogP contribution in [-0.2, 0) is 13.2 Å². The van der Waals surface area contributed by atoms with E-state index >= 15 is 0 Å². The normalized spacial score (nSPS) is 10.3. The number of hydrogen-bond acceptors (Lipinski definition) is 5. The van der Waals surface area contributed by atoms with Crippen molar-refractivity contribution < 1.29 is 19.2 Å². The summed E-state index contributed by atoms with van der Waals surface area (Å²) in [6, 6.07) is 8.03. The average Bonchev–Trinajstić information content (AvgIpc) is 2.53. The number of aliphatic hydroxyl groups is 1. The molecule has 0 unspecified atom stereocenters. The Balaban J connectivity index is 2.14. The summed E-state index contributed by atoms with van der Waals surface area (Å²) in [5, 5.41) is 22.4. The van der Waals surface area contributed by atoms with Crippen molar-refractivity contribution in [1.29, 1.82) is 0 Å². The Morgan fingerprint density at radius 3 is 2.74 bits per heavy atom. The van der Waals surface area contributed by atoms with E-state index < -0.39 is 23.3 Å². The highest BCUT2D eigenvalue weighted by Gasteiger charge is 2.18. The molecule has 0 saturated heterocycles. The molecule has 120 valence electrons. The minimum absolute atomic E-state index is 0.0105. The van der Waals surface area contributed by atoms with E-state index in [9.17, 15) is 19.3 Å².